The summed E-state index contributed by atoms with van der Waals surface area (Å²) in [5.41, 5.74) is -4.09. The summed E-state index contributed by atoms with van der Waals surface area (Å²) in [5.74, 6) is -14.1. The number of ether oxygens (including phenoxy) is 2. The summed E-state index contributed by atoms with van der Waals surface area (Å²) in [4.78, 5) is 12.0. The fourth-order valence-corrected chi connectivity index (χ4v) is 3.87. The van der Waals surface area contributed by atoms with Gasteiger partial charge in [0.1, 0.15) is 0 Å². The predicted octanol–water partition coefficient (Wildman–Crippen LogP) is 4.66. The Morgan fingerprint density at radius 1 is 1.10 bits per heavy atom. The largest absolute Gasteiger partial charge is 0.449 e. The monoisotopic (exact) mass is 440 g/mol. The Labute approximate surface area is 160 Å². The molecule has 1 N–H and O–H groups in total. The average molecular weight is 440 g/mol. The lowest BCUT2D eigenvalue weighted by Crippen LogP contribution is -2.78. The van der Waals surface area contributed by atoms with E-state index in [9.17, 15) is 36.2 Å². The Balaban J connectivity index is 2.74. The minimum atomic E-state index is -6.31. The lowest BCUT2D eigenvalue weighted by atomic mass is 9.67. The lowest BCUT2D eigenvalue weighted by Gasteiger charge is -2.56. The Hall–Kier alpha value is -1.43. The van der Waals surface area contributed by atoms with Crippen molar-refractivity contribution in [3.8, 4) is 0 Å². The zero-order chi connectivity index (χ0) is 22.5. The minimum absolute atomic E-state index is 0.211. The van der Waals surface area contributed by atoms with Gasteiger partial charge < -0.3 is 14.6 Å². The van der Waals surface area contributed by atoms with Gasteiger partial charge in [-0.25, -0.2) is 4.79 Å². The van der Waals surface area contributed by atoms with E-state index in [0.29, 0.717) is 6.42 Å². The highest BCUT2D eigenvalue weighted by Crippen LogP contribution is 2.60. The SMILES string of the molecule is C=C(C)C(=O)OC1(C2CCCCC2)CC(C(F)(F)F)OC(O)(C(F)(F)F)C1(F)F. The molecular formula is C17H20F8O4. The molecule has 1 heterocycles. The summed E-state index contributed by atoms with van der Waals surface area (Å²) in [6.45, 7) is 4.15. The third-order valence-electron chi connectivity index (χ3n) is 5.40. The van der Waals surface area contributed by atoms with Gasteiger partial charge in [0.05, 0.1) is 0 Å². The van der Waals surface area contributed by atoms with Crippen molar-refractivity contribution in [3.63, 3.8) is 0 Å². The number of esters is 1. The minimum Gasteiger partial charge on any atom is -0.449 e. The van der Waals surface area contributed by atoms with Gasteiger partial charge in [-0.15, -0.1) is 0 Å². The Morgan fingerprint density at radius 3 is 2.03 bits per heavy atom. The van der Waals surface area contributed by atoms with Crippen LogP contribution in [0.4, 0.5) is 35.1 Å². The molecular weight excluding hydrogens is 420 g/mol. The highest BCUT2D eigenvalue weighted by molar-refractivity contribution is 5.87. The highest BCUT2D eigenvalue weighted by Gasteiger charge is 2.85. The van der Waals surface area contributed by atoms with Crippen LogP contribution >= 0.6 is 0 Å². The molecule has 1 aliphatic carbocycles. The Morgan fingerprint density at radius 2 is 1.62 bits per heavy atom. The smallest absolute Gasteiger partial charge is 0.449 e. The van der Waals surface area contributed by atoms with E-state index in [2.05, 4.69) is 16.1 Å². The first-order chi connectivity index (χ1) is 13.0. The van der Waals surface area contributed by atoms with E-state index in [4.69, 9.17) is 0 Å². The highest BCUT2D eigenvalue weighted by atomic mass is 19.4. The maximum absolute atomic E-state index is 15.3. The first kappa shape index (κ1) is 23.8. The molecule has 0 amide bonds. The fourth-order valence-electron chi connectivity index (χ4n) is 3.87. The third-order valence-corrected chi connectivity index (χ3v) is 5.40. The van der Waals surface area contributed by atoms with Gasteiger partial charge in [0.2, 0.25) is 0 Å². The van der Waals surface area contributed by atoms with Crippen molar-refractivity contribution < 1.29 is 54.5 Å². The van der Waals surface area contributed by atoms with Crippen molar-refractivity contribution in [1.29, 1.82) is 0 Å². The second-order valence-corrected chi connectivity index (χ2v) is 7.46. The summed E-state index contributed by atoms with van der Waals surface area (Å²) in [7, 11) is 0. The standard InChI is InChI=1S/C17H20F8O4/c1-9(2)12(26)29-13(10-6-4-3-5-7-10)8-11(14(18,19)20)28-16(27,15(13,21)22)17(23,24)25/h10-11,27H,1,3-8H2,2H3. The second-order valence-electron chi connectivity index (χ2n) is 7.46. The number of hydrogen-bond acceptors (Lipinski definition) is 4. The quantitative estimate of drug-likeness (QED) is 0.394. The van der Waals surface area contributed by atoms with Crippen molar-refractivity contribution in [3.05, 3.63) is 12.2 Å². The normalized spacial score (nSPS) is 33.9. The van der Waals surface area contributed by atoms with Crippen LogP contribution in [0.5, 0.6) is 0 Å². The Kier molecular flexibility index (Phi) is 6.06. The number of rotatable bonds is 3. The predicted molar refractivity (Wildman–Crippen MR) is 81.7 cm³/mol. The maximum Gasteiger partial charge on any atom is 0.449 e. The van der Waals surface area contributed by atoms with E-state index >= 15 is 8.78 Å². The van der Waals surface area contributed by atoms with Crippen LogP contribution in [-0.4, -0.2) is 46.8 Å². The van der Waals surface area contributed by atoms with E-state index in [-0.39, 0.29) is 25.7 Å². The van der Waals surface area contributed by atoms with Crippen LogP contribution in [0.3, 0.4) is 0 Å². The fraction of sp³-hybridized carbons (Fsp3) is 0.824. The molecule has 0 radical (unpaired) electrons. The summed E-state index contributed by atoms with van der Waals surface area (Å²) in [6.07, 6.45) is -16.5. The molecule has 2 rings (SSSR count). The topological polar surface area (TPSA) is 55.8 Å². The summed E-state index contributed by atoms with van der Waals surface area (Å²) >= 11 is 0. The van der Waals surface area contributed by atoms with Crippen LogP contribution < -0.4 is 0 Å². The second kappa shape index (κ2) is 7.36. The third kappa shape index (κ3) is 3.85. The molecule has 1 saturated heterocycles. The van der Waals surface area contributed by atoms with Crippen LogP contribution in [0.1, 0.15) is 45.4 Å². The van der Waals surface area contributed by atoms with Gasteiger partial charge in [-0.3, -0.25) is 0 Å². The summed E-state index contributed by atoms with van der Waals surface area (Å²) in [5, 5.41) is 9.78. The van der Waals surface area contributed by atoms with E-state index in [1.807, 2.05) is 0 Å². The number of hydrogen-bond donors (Lipinski definition) is 1. The van der Waals surface area contributed by atoms with Gasteiger partial charge in [-0.1, -0.05) is 25.8 Å². The molecule has 0 aromatic carbocycles. The van der Waals surface area contributed by atoms with Crippen molar-refractivity contribution in [2.75, 3.05) is 0 Å². The molecule has 12 heteroatoms. The molecule has 168 valence electrons. The maximum atomic E-state index is 15.3. The van der Waals surface area contributed by atoms with Crippen molar-refractivity contribution >= 4 is 5.97 Å². The molecule has 0 bridgehead atoms. The van der Waals surface area contributed by atoms with Crippen molar-refractivity contribution in [2.45, 2.75) is 81.2 Å². The van der Waals surface area contributed by atoms with Gasteiger partial charge in [-0.05, 0) is 19.8 Å². The molecule has 1 aliphatic heterocycles. The van der Waals surface area contributed by atoms with Gasteiger partial charge in [0.15, 0.2) is 11.7 Å². The number of carbonyl (C=O) groups excluding carboxylic acids is 1. The van der Waals surface area contributed by atoms with E-state index < -0.39 is 59.6 Å². The molecule has 3 atom stereocenters. The zero-order valence-corrected chi connectivity index (χ0v) is 15.3. The molecule has 29 heavy (non-hydrogen) atoms. The number of alkyl halides is 8. The molecule has 4 nitrogen and oxygen atoms in total. The first-order valence-electron chi connectivity index (χ1n) is 8.80. The number of carbonyl (C=O) groups is 1. The molecule has 1 saturated carbocycles. The van der Waals surface area contributed by atoms with Crippen LogP contribution in [-0.2, 0) is 14.3 Å². The van der Waals surface area contributed by atoms with Crippen LogP contribution in [0.25, 0.3) is 0 Å². The average Bonchev–Trinajstić information content (AvgIpc) is 2.57. The lowest BCUT2D eigenvalue weighted by molar-refractivity contribution is -0.501. The van der Waals surface area contributed by atoms with Gasteiger partial charge in [0, 0.05) is 17.9 Å². The van der Waals surface area contributed by atoms with Gasteiger partial charge in [-0.2, -0.15) is 35.1 Å². The number of aliphatic hydroxyl groups is 1. The number of halogens is 8. The van der Waals surface area contributed by atoms with Crippen LogP contribution in [0.15, 0.2) is 12.2 Å². The first-order valence-corrected chi connectivity index (χ1v) is 8.80. The van der Waals surface area contributed by atoms with E-state index in [1.54, 1.807) is 0 Å². The van der Waals surface area contributed by atoms with Gasteiger partial charge in [0.25, 0.3) is 0 Å². The van der Waals surface area contributed by atoms with Crippen LogP contribution in [0.2, 0.25) is 0 Å². The molecule has 0 aromatic rings. The molecule has 3 unspecified atom stereocenters. The molecule has 2 aliphatic rings. The molecule has 2 fully saturated rings. The zero-order valence-electron chi connectivity index (χ0n) is 15.3. The summed E-state index contributed by atoms with van der Waals surface area (Å²) < 4.78 is 119. The summed E-state index contributed by atoms with van der Waals surface area (Å²) in [6, 6.07) is 0. The van der Waals surface area contributed by atoms with Gasteiger partial charge >= 0.3 is 30.0 Å². The van der Waals surface area contributed by atoms with Crippen molar-refractivity contribution in [2.24, 2.45) is 5.92 Å². The van der Waals surface area contributed by atoms with Crippen LogP contribution in [0, 0.1) is 5.92 Å². The van der Waals surface area contributed by atoms with E-state index in [1.165, 1.54) is 0 Å². The molecule has 0 aromatic heterocycles. The molecule has 0 spiro atoms. The van der Waals surface area contributed by atoms with E-state index in [0.717, 1.165) is 6.92 Å². The Bertz CT molecular complexity index is 653. The van der Waals surface area contributed by atoms with Crippen molar-refractivity contribution in [1.82, 2.24) is 0 Å².